The average molecular weight is 165 g/mol. The van der Waals surface area contributed by atoms with Crippen LogP contribution in [-0.4, -0.2) is 12.3 Å². The molecular weight excluding hydrogens is 154 g/mol. The van der Waals surface area contributed by atoms with Crippen molar-refractivity contribution in [3.63, 3.8) is 0 Å². The molecule has 1 saturated heterocycles. The van der Waals surface area contributed by atoms with Crippen molar-refractivity contribution >= 4 is 11.8 Å². The van der Waals surface area contributed by atoms with Crippen LogP contribution < -0.4 is 5.32 Å². The van der Waals surface area contributed by atoms with Gasteiger partial charge in [0.1, 0.15) is 0 Å². The second-order valence-corrected chi connectivity index (χ2v) is 3.83. The molecule has 1 aliphatic rings. The maximum atomic E-state index is 3.44. The second kappa shape index (κ2) is 3.28. The topological polar surface area (TPSA) is 12.0 Å². The van der Waals surface area contributed by atoms with Gasteiger partial charge in [0.15, 0.2) is 0 Å². The van der Waals surface area contributed by atoms with Crippen molar-refractivity contribution in [2.45, 2.75) is 5.37 Å². The molecular formula is C9H11NS. The van der Waals surface area contributed by atoms with Crippen LogP contribution in [0.15, 0.2) is 30.3 Å². The van der Waals surface area contributed by atoms with Gasteiger partial charge in [-0.15, -0.1) is 11.8 Å². The maximum Gasteiger partial charge on any atom is 0.0790 e. The van der Waals surface area contributed by atoms with Gasteiger partial charge in [-0.05, 0) is 5.56 Å². The molecule has 1 aliphatic heterocycles. The fourth-order valence-corrected chi connectivity index (χ4v) is 2.32. The molecule has 2 rings (SSSR count). The molecule has 0 aromatic heterocycles. The van der Waals surface area contributed by atoms with Gasteiger partial charge in [-0.2, -0.15) is 0 Å². The predicted octanol–water partition coefficient (Wildman–Crippen LogP) is 2.02. The van der Waals surface area contributed by atoms with E-state index in [1.165, 1.54) is 11.3 Å². The van der Waals surface area contributed by atoms with Crippen LogP contribution in [0.5, 0.6) is 0 Å². The molecule has 11 heavy (non-hydrogen) atoms. The van der Waals surface area contributed by atoms with Crippen molar-refractivity contribution in [2.75, 3.05) is 12.3 Å². The first-order chi connectivity index (χ1) is 5.47. The first kappa shape index (κ1) is 7.19. The predicted molar refractivity (Wildman–Crippen MR) is 49.6 cm³/mol. The lowest BCUT2D eigenvalue weighted by Gasteiger charge is -2.08. The number of thioether (sulfide) groups is 1. The number of hydrogen-bond donors (Lipinski definition) is 1. The first-order valence-electron chi connectivity index (χ1n) is 3.87. The highest BCUT2D eigenvalue weighted by Gasteiger charge is 2.15. The van der Waals surface area contributed by atoms with Gasteiger partial charge < -0.3 is 5.32 Å². The summed E-state index contributed by atoms with van der Waals surface area (Å²) in [5.41, 5.74) is 1.40. The number of hydrogen-bond acceptors (Lipinski definition) is 2. The summed E-state index contributed by atoms with van der Waals surface area (Å²) in [4.78, 5) is 0. The summed E-state index contributed by atoms with van der Waals surface area (Å²) >= 11 is 1.98. The molecule has 1 atom stereocenters. The summed E-state index contributed by atoms with van der Waals surface area (Å²) < 4.78 is 0. The van der Waals surface area contributed by atoms with Crippen LogP contribution in [0.1, 0.15) is 10.9 Å². The lowest BCUT2D eigenvalue weighted by Crippen LogP contribution is -2.11. The summed E-state index contributed by atoms with van der Waals surface area (Å²) in [5.74, 6) is 1.24. The van der Waals surface area contributed by atoms with Crippen LogP contribution in [-0.2, 0) is 0 Å². The molecule has 1 heterocycles. The highest BCUT2D eigenvalue weighted by atomic mass is 32.2. The van der Waals surface area contributed by atoms with Gasteiger partial charge in [-0.3, -0.25) is 0 Å². The van der Waals surface area contributed by atoms with Crippen LogP contribution in [0.3, 0.4) is 0 Å². The molecule has 1 fully saturated rings. The van der Waals surface area contributed by atoms with E-state index in [1.807, 2.05) is 11.8 Å². The Morgan fingerprint density at radius 2 is 2.09 bits per heavy atom. The molecule has 1 N–H and O–H groups in total. The van der Waals surface area contributed by atoms with E-state index in [1.54, 1.807) is 0 Å². The highest BCUT2D eigenvalue weighted by Crippen LogP contribution is 2.29. The molecule has 58 valence electrons. The smallest absolute Gasteiger partial charge is 0.0790 e. The zero-order chi connectivity index (χ0) is 7.52. The van der Waals surface area contributed by atoms with Gasteiger partial charge in [0.25, 0.3) is 0 Å². The maximum absolute atomic E-state index is 3.44. The quantitative estimate of drug-likeness (QED) is 0.683. The van der Waals surface area contributed by atoms with Crippen molar-refractivity contribution in [3.8, 4) is 0 Å². The number of rotatable bonds is 1. The number of nitrogens with one attached hydrogen (secondary N) is 1. The minimum atomic E-state index is 0.538. The van der Waals surface area contributed by atoms with Crippen molar-refractivity contribution in [2.24, 2.45) is 0 Å². The van der Waals surface area contributed by atoms with Crippen LogP contribution in [0, 0.1) is 0 Å². The van der Waals surface area contributed by atoms with Crippen molar-refractivity contribution < 1.29 is 0 Å². The van der Waals surface area contributed by atoms with Crippen LogP contribution >= 0.6 is 11.8 Å². The average Bonchev–Trinajstić information content (AvgIpc) is 2.58. The van der Waals surface area contributed by atoms with Gasteiger partial charge >= 0.3 is 0 Å². The Kier molecular flexibility index (Phi) is 2.15. The third-order valence-electron chi connectivity index (χ3n) is 1.82. The van der Waals surface area contributed by atoms with E-state index in [0.29, 0.717) is 5.37 Å². The fraction of sp³-hybridized carbons (Fsp3) is 0.333. The molecule has 1 unspecified atom stereocenters. The molecule has 0 aliphatic carbocycles. The molecule has 1 aromatic rings. The Morgan fingerprint density at radius 3 is 2.73 bits per heavy atom. The Bertz CT molecular complexity index is 216. The molecule has 2 heteroatoms. The van der Waals surface area contributed by atoms with E-state index in [9.17, 15) is 0 Å². The standard InChI is InChI=1S/C9H11NS/c1-2-4-8(5-3-1)9-10-6-7-11-9/h1-5,9-10H,6-7H2. The normalized spacial score (nSPS) is 23.8. The van der Waals surface area contributed by atoms with Gasteiger partial charge in [0, 0.05) is 12.3 Å². The van der Waals surface area contributed by atoms with Gasteiger partial charge in [0.05, 0.1) is 5.37 Å². The Morgan fingerprint density at radius 1 is 1.27 bits per heavy atom. The highest BCUT2D eigenvalue weighted by molar-refractivity contribution is 7.99. The third kappa shape index (κ3) is 1.57. The van der Waals surface area contributed by atoms with Gasteiger partial charge in [-0.1, -0.05) is 30.3 Å². The van der Waals surface area contributed by atoms with Crippen molar-refractivity contribution in [1.29, 1.82) is 0 Å². The van der Waals surface area contributed by atoms with Crippen LogP contribution in [0.4, 0.5) is 0 Å². The largest absolute Gasteiger partial charge is 0.301 e. The zero-order valence-corrected chi connectivity index (χ0v) is 7.10. The van der Waals surface area contributed by atoms with E-state index in [-0.39, 0.29) is 0 Å². The van der Waals surface area contributed by atoms with E-state index >= 15 is 0 Å². The van der Waals surface area contributed by atoms with Crippen molar-refractivity contribution in [1.82, 2.24) is 5.32 Å². The zero-order valence-electron chi connectivity index (χ0n) is 6.29. The van der Waals surface area contributed by atoms with Crippen LogP contribution in [0.25, 0.3) is 0 Å². The Balaban J connectivity index is 2.16. The monoisotopic (exact) mass is 165 g/mol. The van der Waals surface area contributed by atoms with Crippen LogP contribution in [0.2, 0.25) is 0 Å². The van der Waals surface area contributed by atoms with Gasteiger partial charge in [-0.25, -0.2) is 0 Å². The SMILES string of the molecule is c1ccc(C2NCCS2)cc1. The fourth-order valence-electron chi connectivity index (χ4n) is 1.27. The van der Waals surface area contributed by atoms with E-state index in [0.717, 1.165) is 6.54 Å². The minimum Gasteiger partial charge on any atom is -0.301 e. The molecule has 0 radical (unpaired) electrons. The molecule has 0 bridgehead atoms. The van der Waals surface area contributed by atoms with E-state index in [4.69, 9.17) is 0 Å². The molecule has 0 saturated carbocycles. The minimum absolute atomic E-state index is 0.538. The first-order valence-corrected chi connectivity index (χ1v) is 4.91. The summed E-state index contributed by atoms with van der Waals surface area (Å²) in [7, 11) is 0. The summed E-state index contributed by atoms with van der Waals surface area (Å²) in [5, 5.41) is 3.97. The lowest BCUT2D eigenvalue weighted by molar-refractivity contribution is 0.751. The van der Waals surface area contributed by atoms with E-state index < -0.39 is 0 Å². The lowest BCUT2D eigenvalue weighted by atomic mass is 10.2. The Labute approximate surface area is 71.2 Å². The molecule has 0 spiro atoms. The molecule has 0 amide bonds. The van der Waals surface area contributed by atoms with E-state index in [2.05, 4.69) is 35.6 Å². The summed E-state index contributed by atoms with van der Waals surface area (Å²) in [6.45, 7) is 1.14. The number of benzene rings is 1. The third-order valence-corrected chi connectivity index (χ3v) is 3.03. The second-order valence-electron chi connectivity index (χ2n) is 2.62. The summed E-state index contributed by atoms with van der Waals surface area (Å²) in [6.07, 6.45) is 0. The summed E-state index contributed by atoms with van der Waals surface area (Å²) in [6, 6.07) is 10.6. The molecule has 1 aromatic carbocycles. The van der Waals surface area contributed by atoms with Crippen molar-refractivity contribution in [3.05, 3.63) is 35.9 Å². The Hall–Kier alpha value is -0.470. The molecule has 1 nitrogen and oxygen atoms in total. The van der Waals surface area contributed by atoms with Gasteiger partial charge in [0.2, 0.25) is 0 Å².